The average molecular weight is 267 g/mol. The van der Waals surface area contributed by atoms with Gasteiger partial charge in [0.05, 0.1) is 5.92 Å². The van der Waals surface area contributed by atoms with Crippen LogP contribution in [0, 0.1) is 17.8 Å². The van der Waals surface area contributed by atoms with Crippen molar-refractivity contribution in [2.24, 2.45) is 17.8 Å². The first-order chi connectivity index (χ1) is 9.00. The molecule has 5 heteroatoms. The van der Waals surface area contributed by atoms with Gasteiger partial charge in [0.1, 0.15) is 0 Å². The summed E-state index contributed by atoms with van der Waals surface area (Å²) in [6.45, 7) is 5.33. The molecule has 5 nitrogen and oxygen atoms in total. The Hall–Kier alpha value is -1.10. The maximum Gasteiger partial charge on any atom is 0.227 e. The molecule has 2 amide bonds. The minimum atomic E-state index is 0.0955. The Morgan fingerprint density at radius 1 is 1.16 bits per heavy atom. The molecule has 2 aliphatic heterocycles. The SMILES string of the molecule is CC1CNCC1C(=O)N1CCC(C(=O)N(C)C)CC1. The number of carbonyl (C=O) groups excluding carboxylic acids is 2. The van der Waals surface area contributed by atoms with Crippen molar-refractivity contribution in [3.63, 3.8) is 0 Å². The second-order valence-electron chi connectivity index (χ2n) is 6.07. The van der Waals surface area contributed by atoms with Crippen molar-refractivity contribution in [1.29, 1.82) is 0 Å². The summed E-state index contributed by atoms with van der Waals surface area (Å²) in [6, 6.07) is 0. The zero-order valence-electron chi connectivity index (χ0n) is 12.2. The lowest BCUT2D eigenvalue weighted by atomic mass is 9.92. The molecule has 2 unspecified atom stereocenters. The summed E-state index contributed by atoms with van der Waals surface area (Å²) in [4.78, 5) is 27.9. The third-order valence-electron chi connectivity index (χ3n) is 4.43. The monoisotopic (exact) mass is 267 g/mol. The van der Waals surface area contributed by atoms with Gasteiger partial charge < -0.3 is 15.1 Å². The van der Waals surface area contributed by atoms with Gasteiger partial charge >= 0.3 is 0 Å². The first-order valence-electron chi connectivity index (χ1n) is 7.21. The number of nitrogens with one attached hydrogen (secondary N) is 1. The third-order valence-corrected chi connectivity index (χ3v) is 4.43. The fourth-order valence-electron chi connectivity index (χ4n) is 3.09. The zero-order valence-corrected chi connectivity index (χ0v) is 12.2. The Labute approximate surface area is 115 Å². The van der Waals surface area contributed by atoms with Crippen molar-refractivity contribution >= 4 is 11.8 Å². The first-order valence-corrected chi connectivity index (χ1v) is 7.21. The summed E-state index contributed by atoms with van der Waals surface area (Å²) in [7, 11) is 3.59. The van der Waals surface area contributed by atoms with E-state index < -0.39 is 0 Å². The molecule has 0 aromatic rings. The first kappa shape index (κ1) is 14.3. The number of rotatable bonds is 2. The molecule has 0 saturated carbocycles. The molecule has 108 valence electrons. The molecule has 2 heterocycles. The molecule has 0 bridgehead atoms. The number of hydrogen-bond acceptors (Lipinski definition) is 3. The van der Waals surface area contributed by atoms with Crippen LogP contribution in [-0.4, -0.2) is 61.9 Å². The van der Waals surface area contributed by atoms with Crippen molar-refractivity contribution in [1.82, 2.24) is 15.1 Å². The van der Waals surface area contributed by atoms with Crippen molar-refractivity contribution in [3.8, 4) is 0 Å². The van der Waals surface area contributed by atoms with Gasteiger partial charge in [-0.25, -0.2) is 0 Å². The highest BCUT2D eigenvalue weighted by Crippen LogP contribution is 2.24. The molecule has 2 aliphatic rings. The van der Waals surface area contributed by atoms with Gasteiger partial charge in [0.15, 0.2) is 0 Å². The van der Waals surface area contributed by atoms with Gasteiger partial charge in [0, 0.05) is 39.6 Å². The second-order valence-corrected chi connectivity index (χ2v) is 6.07. The van der Waals surface area contributed by atoms with Crippen molar-refractivity contribution in [2.75, 3.05) is 40.3 Å². The molecular weight excluding hydrogens is 242 g/mol. The summed E-state index contributed by atoms with van der Waals surface area (Å²) < 4.78 is 0. The normalized spacial score (nSPS) is 28.5. The predicted molar refractivity (Wildman–Crippen MR) is 73.5 cm³/mol. The van der Waals surface area contributed by atoms with Crippen molar-refractivity contribution < 1.29 is 9.59 Å². The number of hydrogen-bond donors (Lipinski definition) is 1. The van der Waals surface area contributed by atoms with Crippen LogP contribution in [0.1, 0.15) is 19.8 Å². The van der Waals surface area contributed by atoms with Gasteiger partial charge in [-0.3, -0.25) is 9.59 Å². The molecule has 1 N–H and O–H groups in total. The van der Waals surface area contributed by atoms with E-state index in [4.69, 9.17) is 0 Å². The number of carbonyl (C=O) groups is 2. The predicted octanol–water partition coefficient (Wildman–Crippen LogP) is 0.169. The van der Waals surface area contributed by atoms with Crippen LogP contribution in [0.15, 0.2) is 0 Å². The highest BCUT2D eigenvalue weighted by Gasteiger charge is 2.35. The topological polar surface area (TPSA) is 52.7 Å². The summed E-state index contributed by atoms with van der Waals surface area (Å²) in [5.41, 5.74) is 0. The molecule has 2 fully saturated rings. The van der Waals surface area contributed by atoms with Crippen LogP contribution in [0.25, 0.3) is 0 Å². The van der Waals surface area contributed by atoms with Crippen LogP contribution >= 0.6 is 0 Å². The van der Waals surface area contributed by atoms with Crippen LogP contribution in [-0.2, 0) is 9.59 Å². The van der Waals surface area contributed by atoms with E-state index in [9.17, 15) is 9.59 Å². The van der Waals surface area contributed by atoms with E-state index in [1.807, 2.05) is 4.90 Å². The highest BCUT2D eigenvalue weighted by atomic mass is 16.2. The van der Waals surface area contributed by atoms with Crippen molar-refractivity contribution in [3.05, 3.63) is 0 Å². The minimum absolute atomic E-state index is 0.0955. The van der Waals surface area contributed by atoms with Crippen LogP contribution in [0.2, 0.25) is 0 Å². The van der Waals surface area contributed by atoms with E-state index in [1.165, 1.54) is 0 Å². The Kier molecular flexibility index (Phi) is 4.45. The van der Waals surface area contributed by atoms with E-state index in [-0.39, 0.29) is 23.7 Å². The molecule has 19 heavy (non-hydrogen) atoms. The van der Waals surface area contributed by atoms with Gasteiger partial charge in [-0.1, -0.05) is 6.92 Å². The molecule has 2 saturated heterocycles. The van der Waals surface area contributed by atoms with Gasteiger partial charge in [-0.2, -0.15) is 0 Å². The van der Waals surface area contributed by atoms with Gasteiger partial charge in [-0.05, 0) is 25.3 Å². The molecule has 0 spiro atoms. The lowest BCUT2D eigenvalue weighted by molar-refractivity contribution is -0.141. The standard InChI is InChI=1S/C14H25N3O2/c1-10-8-15-9-12(10)14(19)17-6-4-11(5-7-17)13(18)16(2)3/h10-12,15H,4-9H2,1-3H3. The summed E-state index contributed by atoms with van der Waals surface area (Å²) in [5.74, 6) is 1.11. The smallest absolute Gasteiger partial charge is 0.227 e. The van der Waals surface area contributed by atoms with E-state index >= 15 is 0 Å². The van der Waals surface area contributed by atoms with Crippen molar-refractivity contribution in [2.45, 2.75) is 19.8 Å². The van der Waals surface area contributed by atoms with E-state index in [2.05, 4.69) is 12.2 Å². The van der Waals surface area contributed by atoms with E-state index in [1.54, 1.807) is 19.0 Å². The van der Waals surface area contributed by atoms with Crippen LogP contribution in [0.4, 0.5) is 0 Å². The molecule has 0 aromatic heterocycles. The number of piperidine rings is 1. The largest absolute Gasteiger partial charge is 0.349 e. The molecule has 0 radical (unpaired) electrons. The van der Waals surface area contributed by atoms with Crippen LogP contribution in [0.3, 0.4) is 0 Å². The lowest BCUT2D eigenvalue weighted by Gasteiger charge is -2.34. The molecule has 2 rings (SSSR count). The number of likely N-dealkylation sites (tertiary alicyclic amines) is 1. The fourth-order valence-corrected chi connectivity index (χ4v) is 3.09. The highest BCUT2D eigenvalue weighted by molar-refractivity contribution is 5.81. The Bertz CT molecular complexity index is 349. The van der Waals surface area contributed by atoms with Gasteiger partial charge in [0.25, 0.3) is 0 Å². The Balaban J connectivity index is 1.86. The number of amides is 2. The maximum absolute atomic E-state index is 12.4. The van der Waals surface area contributed by atoms with E-state index in [0.29, 0.717) is 5.92 Å². The fraction of sp³-hybridized carbons (Fsp3) is 0.857. The van der Waals surface area contributed by atoms with E-state index in [0.717, 1.165) is 39.0 Å². The summed E-state index contributed by atoms with van der Waals surface area (Å²) >= 11 is 0. The Morgan fingerprint density at radius 2 is 1.79 bits per heavy atom. The zero-order chi connectivity index (χ0) is 14.0. The lowest BCUT2D eigenvalue weighted by Crippen LogP contribution is -2.46. The molecular formula is C14H25N3O2. The minimum Gasteiger partial charge on any atom is -0.349 e. The quantitative estimate of drug-likeness (QED) is 0.776. The molecule has 2 atom stereocenters. The second kappa shape index (κ2) is 5.90. The summed E-state index contributed by atoms with van der Waals surface area (Å²) in [5, 5.41) is 3.28. The summed E-state index contributed by atoms with van der Waals surface area (Å²) in [6.07, 6.45) is 1.61. The van der Waals surface area contributed by atoms with Gasteiger partial charge in [-0.15, -0.1) is 0 Å². The van der Waals surface area contributed by atoms with Crippen LogP contribution in [0.5, 0.6) is 0 Å². The van der Waals surface area contributed by atoms with Crippen LogP contribution < -0.4 is 5.32 Å². The number of nitrogens with zero attached hydrogens (tertiary/aromatic N) is 2. The Morgan fingerprint density at radius 3 is 2.26 bits per heavy atom. The molecule has 0 aromatic carbocycles. The van der Waals surface area contributed by atoms with Gasteiger partial charge in [0.2, 0.25) is 11.8 Å². The maximum atomic E-state index is 12.4. The average Bonchev–Trinajstić information content (AvgIpc) is 2.83. The third kappa shape index (κ3) is 3.08. The molecule has 0 aliphatic carbocycles.